The average Bonchev–Trinajstić information content (AvgIpc) is 3.18. The van der Waals surface area contributed by atoms with Crippen LogP contribution < -0.4 is 14.2 Å². The number of anilines is 1. The van der Waals surface area contributed by atoms with Crippen LogP contribution in [0.5, 0.6) is 11.5 Å². The summed E-state index contributed by atoms with van der Waals surface area (Å²) >= 11 is 7.11. The number of carbonyl (C=O) groups excluding carboxylic acids is 4. The summed E-state index contributed by atoms with van der Waals surface area (Å²) in [6.45, 7) is 4.05. The highest BCUT2D eigenvalue weighted by atomic mass is 35.5. The summed E-state index contributed by atoms with van der Waals surface area (Å²) in [5.41, 5.74) is 0.768. The summed E-state index contributed by atoms with van der Waals surface area (Å²) in [4.78, 5) is 51.9. The number of hydrogen-bond donors (Lipinski definition) is 1. The summed E-state index contributed by atoms with van der Waals surface area (Å²) in [6.07, 6.45) is 4.25. The number of ether oxygens (including phenoxy) is 1. The fourth-order valence-electron chi connectivity index (χ4n) is 4.25. The van der Waals surface area contributed by atoms with Crippen molar-refractivity contribution in [3.05, 3.63) is 51.9 Å². The summed E-state index contributed by atoms with van der Waals surface area (Å²) in [6, 6.07) is 8.19. The largest absolute Gasteiger partial charge is 0.490 e. The summed E-state index contributed by atoms with van der Waals surface area (Å²) in [5.74, 6) is -1.44. The van der Waals surface area contributed by atoms with Gasteiger partial charge in [-0.1, -0.05) is 11.6 Å². The molecule has 2 aromatic rings. The van der Waals surface area contributed by atoms with E-state index in [2.05, 4.69) is 5.32 Å². The van der Waals surface area contributed by atoms with Gasteiger partial charge in [0, 0.05) is 25.7 Å². The van der Waals surface area contributed by atoms with Crippen LogP contribution in [0.4, 0.5) is 10.5 Å². The molecule has 0 unspecified atom stereocenters. The van der Waals surface area contributed by atoms with Gasteiger partial charge in [0.05, 0.1) is 16.5 Å². The molecule has 0 aromatic heterocycles. The Kier molecular flexibility index (Phi) is 9.61. The van der Waals surface area contributed by atoms with E-state index < -0.39 is 21.3 Å². The molecule has 11 nitrogen and oxygen atoms in total. The van der Waals surface area contributed by atoms with Gasteiger partial charge in [-0.05, 0) is 86.0 Å². The van der Waals surface area contributed by atoms with Crippen LogP contribution in [0.1, 0.15) is 38.7 Å². The van der Waals surface area contributed by atoms with E-state index >= 15 is 0 Å². The van der Waals surface area contributed by atoms with E-state index in [-0.39, 0.29) is 51.3 Å². The van der Waals surface area contributed by atoms with Crippen molar-refractivity contribution in [1.29, 1.82) is 0 Å². The third-order valence-corrected chi connectivity index (χ3v) is 8.59. The van der Waals surface area contributed by atoms with Crippen molar-refractivity contribution in [2.24, 2.45) is 0 Å². The molecule has 2 heterocycles. The van der Waals surface area contributed by atoms with Gasteiger partial charge in [-0.2, -0.15) is 8.42 Å². The van der Waals surface area contributed by atoms with E-state index in [1.807, 2.05) is 0 Å². The third kappa shape index (κ3) is 7.40. The lowest BCUT2D eigenvalue weighted by Gasteiger charge is -2.27. The van der Waals surface area contributed by atoms with Gasteiger partial charge in [-0.15, -0.1) is 0 Å². The molecule has 41 heavy (non-hydrogen) atoms. The van der Waals surface area contributed by atoms with Crippen LogP contribution in [0, 0.1) is 0 Å². The zero-order valence-corrected chi connectivity index (χ0v) is 24.7. The van der Waals surface area contributed by atoms with E-state index in [4.69, 9.17) is 20.5 Å². The molecule has 2 aliphatic rings. The number of benzene rings is 2. The molecule has 0 radical (unpaired) electrons. The summed E-state index contributed by atoms with van der Waals surface area (Å²) in [7, 11) is -4.34. The smallest absolute Gasteiger partial charge is 0.339 e. The van der Waals surface area contributed by atoms with Gasteiger partial charge in [0.25, 0.3) is 11.1 Å². The molecule has 0 saturated carbocycles. The quantitative estimate of drug-likeness (QED) is 0.316. The molecule has 2 fully saturated rings. The number of halogens is 1. The van der Waals surface area contributed by atoms with Gasteiger partial charge in [0.15, 0.2) is 5.75 Å². The van der Waals surface area contributed by atoms with E-state index in [0.29, 0.717) is 36.1 Å². The minimum Gasteiger partial charge on any atom is -0.490 e. The maximum absolute atomic E-state index is 13.0. The van der Waals surface area contributed by atoms with E-state index in [0.717, 1.165) is 24.2 Å². The number of thioether (sulfide) groups is 1. The number of nitrogens with one attached hydrogen (secondary N) is 1. The van der Waals surface area contributed by atoms with Crippen LogP contribution in [0.25, 0.3) is 6.08 Å². The number of nitrogens with zero attached hydrogens (tertiary/aromatic N) is 2. The van der Waals surface area contributed by atoms with Crippen molar-refractivity contribution < 1.29 is 36.5 Å². The Labute approximate surface area is 246 Å². The van der Waals surface area contributed by atoms with Gasteiger partial charge in [0.1, 0.15) is 11.4 Å². The maximum atomic E-state index is 13.0. The fourth-order valence-corrected chi connectivity index (χ4v) is 6.35. The molecule has 0 atom stereocenters. The Hall–Kier alpha value is -3.55. The molecule has 0 aliphatic carbocycles. The minimum absolute atomic E-state index is 0.00389. The number of hydrogen-bond acceptors (Lipinski definition) is 9. The first-order chi connectivity index (χ1) is 19.5. The second-order valence-electron chi connectivity index (χ2n) is 9.22. The number of piperidine rings is 1. The molecule has 14 heteroatoms. The standard InChI is InChI=1S/C27H28ClN3O8S2/c1-3-38-22-14-18(15-23-26(34)31(27(35)40-23)16-24(33)30-11-5-4-6-12-30)13-21(28)25(22)39-41(36,37)20-9-7-19(8-10-20)29-17(2)32/h7-10,13-15H,3-6,11-12,16H2,1-2H3,(H,29,32)/b23-15-. The summed E-state index contributed by atoms with van der Waals surface area (Å²) in [5, 5.41) is 1.88. The SMILES string of the molecule is CCOc1cc(/C=C2\SC(=O)N(CC(=O)N3CCCCC3)C2=O)cc(Cl)c1OS(=O)(=O)c1ccc(NC(C)=O)cc1. The normalized spacial score (nSPS) is 16.7. The second-order valence-corrected chi connectivity index (χ2v) is 12.2. The highest BCUT2D eigenvalue weighted by Gasteiger charge is 2.37. The Morgan fingerprint density at radius 3 is 2.41 bits per heavy atom. The van der Waals surface area contributed by atoms with Gasteiger partial charge in [-0.25, -0.2) is 0 Å². The lowest BCUT2D eigenvalue weighted by atomic mass is 10.1. The van der Waals surface area contributed by atoms with Crippen molar-refractivity contribution in [2.45, 2.75) is 38.0 Å². The zero-order chi connectivity index (χ0) is 29.7. The summed E-state index contributed by atoms with van der Waals surface area (Å²) < 4.78 is 36.9. The zero-order valence-electron chi connectivity index (χ0n) is 22.3. The topological polar surface area (TPSA) is 139 Å². The Morgan fingerprint density at radius 1 is 1.10 bits per heavy atom. The average molecular weight is 622 g/mol. The van der Waals surface area contributed by atoms with Crippen molar-refractivity contribution >= 4 is 68.2 Å². The third-order valence-electron chi connectivity index (χ3n) is 6.16. The Morgan fingerprint density at radius 2 is 1.78 bits per heavy atom. The number of carbonyl (C=O) groups is 4. The Balaban J connectivity index is 1.55. The van der Waals surface area contributed by atoms with Crippen LogP contribution in [-0.4, -0.2) is 67.4 Å². The predicted molar refractivity (Wildman–Crippen MR) is 154 cm³/mol. The highest BCUT2D eigenvalue weighted by Crippen LogP contribution is 2.40. The minimum atomic E-state index is -4.34. The molecular weight excluding hydrogens is 594 g/mol. The molecule has 2 aliphatic heterocycles. The lowest BCUT2D eigenvalue weighted by Crippen LogP contribution is -2.44. The molecule has 218 valence electrons. The molecule has 0 bridgehead atoms. The number of imide groups is 1. The first-order valence-corrected chi connectivity index (χ1v) is 15.4. The van der Waals surface area contributed by atoms with Gasteiger partial charge in [-0.3, -0.25) is 24.1 Å². The maximum Gasteiger partial charge on any atom is 0.339 e. The van der Waals surface area contributed by atoms with Gasteiger partial charge < -0.3 is 19.1 Å². The van der Waals surface area contributed by atoms with E-state index in [1.165, 1.54) is 49.4 Å². The first kappa shape index (κ1) is 30.4. The Bertz CT molecular complexity index is 1500. The van der Waals surface area contributed by atoms with Crippen LogP contribution in [0.3, 0.4) is 0 Å². The molecule has 2 saturated heterocycles. The highest BCUT2D eigenvalue weighted by molar-refractivity contribution is 8.18. The van der Waals surface area contributed by atoms with Crippen LogP contribution in [0.2, 0.25) is 5.02 Å². The predicted octanol–water partition coefficient (Wildman–Crippen LogP) is 4.51. The molecular formula is C27H28ClN3O8S2. The van der Waals surface area contributed by atoms with Crippen LogP contribution in [-0.2, 0) is 24.5 Å². The number of rotatable bonds is 9. The van der Waals surface area contributed by atoms with E-state index in [9.17, 15) is 27.6 Å². The van der Waals surface area contributed by atoms with Crippen molar-refractivity contribution in [3.63, 3.8) is 0 Å². The number of amides is 4. The van der Waals surface area contributed by atoms with Crippen molar-refractivity contribution in [1.82, 2.24) is 9.80 Å². The molecule has 2 aromatic carbocycles. The first-order valence-electron chi connectivity index (χ1n) is 12.8. The van der Waals surface area contributed by atoms with Gasteiger partial charge >= 0.3 is 10.1 Å². The molecule has 4 amide bonds. The monoisotopic (exact) mass is 621 g/mol. The fraction of sp³-hybridized carbons (Fsp3) is 0.333. The van der Waals surface area contributed by atoms with Crippen molar-refractivity contribution in [2.75, 3.05) is 31.6 Å². The molecule has 1 N–H and O–H groups in total. The second kappa shape index (κ2) is 13.0. The van der Waals surface area contributed by atoms with Crippen LogP contribution in [0.15, 0.2) is 46.2 Å². The lowest BCUT2D eigenvalue weighted by molar-refractivity contribution is -0.136. The van der Waals surface area contributed by atoms with Crippen LogP contribution >= 0.6 is 23.4 Å². The van der Waals surface area contributed by atoms with Gasteiger partial charge in [0.2, 0.25) is 17.6 Å². The number of likely N-dealkylation sites (tertiary alicyclic amines) is 1. The van der Waals surface area contributed by atoms with Crippen molar-refractivity contribution in [3.8, 4) is 11.5 Å². The molecule has 0 spiro atoms. The van der Waals surface area contributed by atoms with E-state index in [1.54, 1.807) is 11.8 Å². The molecule has 4 rings (SSSR count).